The summed E-state index contributed by atoms with van der Waals surface area (Å²) in [5.41, 5.74) is 3.95. The van der Waals surface area contributed by atoms with E-state index in [0.29, 0.717) is 11.1 Å². The van der Waals surface area contributed by atoms with Crippen LogP contribution in [0, 0.1) is 13.8 Å². The van der Waals surface area contributed by atoms with Gasteiger partial charge in [0.05, 0.1) is 0 Å². The largest absolute Gasteiger partial charge is 0.359 e. The molecule has 0 aliphatic carbocycles. The Kier molecular flexibility index (Phi) is 6.26. The second kappa shape index (κ2) is 8.85. The van der Waals surface area contributed by atoms with Crippen molar-refractivity contribution in [1.82, 2.24) is 5.32 Å². The van der Waals surface area contributed by atoms with Gasteiger partial charge in [-0.15, -0.1) is 0 Å². The van der Waals surface area contributed by atoms with E-state index < -0.39 is 6.17 Å². The van der Waals surface area contributed by atoms with Crippen LogP contribution in [-0.4, -0.2) is 17.9 Å². The van der Waals surface area contributed by atoms with Gasteiger partial charge in [0.1, 0.15) is 0 Å². The van der Waals surface area contributed by atoms with Crippen LogP contribution in [0.15, 0.2) is 77.3 Å². The fraction of sp³-hybridized carbons (Fsp3) is 0.130. The fourth-order valence-corrected chi connectivity index (χ4v) is 3.15. The molecule has 0 radical (unpaired) electrons. The first-order valence-corrected chi connectivity index (χ1v) is 9.73. The van der Waals surface area contributed by atoms with E-state index in [0.717, 1.165) is 21.3 Å². The van der Waals surface area contributed by atoms with Gasteiger partial charge in [-0.2, -0.15) is 0 Å². The summed E-state index contributed by atoms with van der Waals surface area (Å²) < 4.78 is 0.884. The average Bonchev–Trinajstić information content (AvgIpc) is 2.70. The maximum Gasteiger partial charge on any atom is 0.253 e. The molecule has 4 nitrogen and oxygen atoms in total. The Bertz CT molecular complexity index is 985. The number of hydrogen-bond donors (Lipinski definition) is 2. The third-order valence-electron chi connectivity index (χ3n) is 4.38. The predicted octanol–water partition coefficient (Wildman–Crippen LogP) is 5.12. The Morgan fingerprint density at radius 1 is 0.857 bits per heavy atom. The second-order valence-corrected chi connectivity index (χ2v) is 7.52. The van der Waals surface area contributed by atoms with Gasteiger partial charge in [0.15, 0.2) is 6.17 Å². The molecule has 0 fully saturated rings. The van der Waals surface area contributed by atoms with Crippen molar-refractivity contribution in [3.8, 4) is 0 Å². The number of halogens is 1. The van der Waals surface area contributed by atoms with Crippen LogP contribution < -0.4 is 10.6 Å². The molecule has 142 valence electrons. The Morgan fingerprint density at radius 3 is 2.18 bits per heavy atom. The number of ketones is 1. The fourth-order valence-electron chi connectivity index (χ4n) is 2.88. The SMILES string of the molecule is Cc1ccc(NC(NC(=O)c2ccc(Br)cc2)C(=O)c2ccccc2)c(C)c1. The first kappa shape index (κ1) is 19.8. The average molecular weight is 437 g/mol. The van der Waals surface area contributed by atoms with Gasteiger partial charge in [-0.3, -0.25) is 9.59 Å². The molecule has 0 heterocycles. The lowest BCUT2D eigenvalue weighted by Crippen LogP contribution is -2.46. The van der Waals surface area contributed by atoms with Gasteiger partial charge < -0.3 is 10.6 Å². The summed E-state index contributed by atoms with van der Waals surface area (Å²) in [6.07, 6.45) is -0.889. The summed E-state index contributed by atoms with van der Waals surface area (Å²) in [6.45, 7) is 3.98. The van der Waals surface area contributed by atoms with Gasteiger partial charge in [-0.1, -0.05) is 64.0 Å². The molecule has 0 saturated heterocycles. The number of rotatable bonds is 6. The quantitative estimate of drug-likeness (QED) is 0.416. The summed E-state index contributed by atoms with van der Waals surface area (Å²) in [7, 11) is 0. The number of hydrogen-bond acceptors (Lipinski definition) is 3. The standard InChI is InChI=1S/C23H21BrN2O2/c1-15-8-13-20(16(2)14-15)25-22(21(27)17-6-4-3-5-7-17)26-23(28)18-9-11-19(24)12-10-18/h3-14,22,25H,1-2H3,(H,26,28). The molecule has 0 bridgehead atoms. The molecule has 5 heteroatoms. The number of Topliss-reactive ketones (excluding diaryl/α,β-unsaturated/α-hetero) is 1. The molecule has 3 aromatic carbocycles. The molecular formula is C23H21BrN2O2. The van der Waals surface area contributed by atoms with Crippen molar-refractivity contribution in [3.63, 3.8) is 0 Å². The van der Waals surface area contributed by atoms with Gasteiger partial charge in [-0.25, -0.2) is 0 Å². The molecule has 0 aliphatic heterocycles. The van der Waals surface area contributed by atoms with Crippen molar-refractivity contribution in [2.24, 2.45) is 0 Å². The zero-order chi connectivity index (χ0) is 20.1. The Morgan fingerprint density at radius 2 is 1.54 bits per heavy atom. The molecular weight excluding hydrogens is 416 g/mol. The number of nitrogens with one attached hydrogen (secondary N) is 2. The molecule has 0 saturated carbocycles. The maximum absolute atomic E-state index is 13.1. The number of anilines is 1. The molecule has 0 aromatic heterocycles. The third-order valence-corrected chi connectivity index (χ3v) is 4.91. The van der Waals surface area contributed by atoms with Crippen LogP contribution in [0.5, 0.6) is 0 Å². The van der Waals surface area contributed by atoms with Crippen LogP contribution in [0.2, 0.25) is 0 Å². The van der Waals surface area contributed by atoms with E-state index in [-0.39, 0.29) is 11.7 Å². The first-order chi connectivity index (χ1) is 13.4. The van der Waals surface area contributed by atoms with Crippen molar-refractivity contribution in [2.75, 3.05) is 5.32 Å². The van der Waals surface area contributed by atoms with Crippen LogP contribution in [-0.2, 0) is 0 Å². The van der Waals surface area contributed by atoms with E-state index in [1.807, 2.05) is 38.1 Å². The van der Waals surface area contributed by atoms with Crippen LogP contribution in [0.25, 0.3) is 0 Å². The molecule has 0 spiro atoms. The monoisotopic (exact) mass is 436 g/mol. The van der Waals surface area contributed by atoms with Crippen LogP contribution >= 0.6 is 15.9 Å². The van der Waals surface area contributed by atoms with Gasteiger partial charge in [0.25, 0.3) is 5.91 Å². The van der Waals surface area contributed by atoms with E-state index in [1.54, 1.807) is 48.5 Å². The van der Waals surface area contributed by atoms with Crippen molar-refractivity contribution in [1.29, 1.82) is 0 Å². The summed E-state index contributed by atoms with van der Waals surface area (Å²) >= 11 is 3.36. The number of aryl methyl sites for hydroxylation is 2. The molecule has 1 amide bonds. The van der Waals surface area contributed by atoms with Crippen LogP contribution in [0.1, 0.15) is 31.8 Å². The third kappa shape index (κ3) is 4.87. The molecule has 1 unspecified atom stereocenters. The summed E-state index contributed by atoms with van der Waals surface area (Å²) in [5, 5.41) is 6.02. The topological polar surface area (TPSA) is 58.2 Å². The first-order valence-electron chi connectivity index (χ1n) is 8.93. The lowest BCUT2D eigenvalue weighted by molar-refractivity contribution is 0.0869. The molecule has 3 aromatic rings. The Labute approximate surface area is 173 Å². The number of carbonyl (C=O) groups is 2. The lowest BCUT2D eigenvalue weighted by atomic mass is 10.1. The predicted molar refractivity (Wildman–Crippen MR) is 116 cm³/mol. The highest BCUT2D eigenvalue weighted by Gasteiger charge is 2.23. The lowest BCUT2D eigenvalue weighted by Gasteiger charge is -2.22. The van der Waals surface area contributed by atoms with E-state index in [2.05, 4.69) is 26.6 Å². The van der Waals surface area contributed by atoms with E-state index >= 15 is 0 Å². The summed E-state index contributed by atoms with van der Waals surface area (Å²) in [4.78, 5) is 25.8. The smallest absolute Gasteiger partial charge is 0.253 e. The summed E-state index contributed by atoms with van der Waals surface area (Å²) in [5.74, 6) is -0.523. The molecule has 2 N–H and O–H groups in total. The van der Waals surface area contributed by atoms with Crippen LogP contribution in [0.4, 0.5) is 5.69 Å². The van der Waals surface area contributed by atoms with Gasteiger partial charge in [0.2, 0.25) is 5.78 Å². The van der Waals surface area contributed by atoms with Crippen molar-refractivity contribution in [3.05, 3.63) is 99.5 Å². The number of benzene rings is 3. The van der Waals surface area contributed by atoms with Crippen molar-refractivity contribution in [2.45, 2.75) is 20.0 Å². The van der Waals surface area contributed by atoms with E-state index in [1.165, 1.54) is 0 Å². The highest BCUT2D eigenvalue weighted by Crippen LogP contribution is 2.18. The van der Waals surface area contributed by atoms with Crippen LogP contribution in [0.3, 0.4) is 0 Å². The minimum absolute atomic E-state index is 0.203. The minimum atomic E-state index is -0.889. The second-order valence-electron chi connectivity index (χ2n) is 6.61. The molecule has 0 aliphatic rings. The molecule has 1 atom stereocenters. The molecule has 3 rings (SSSR count). The molecule has 28 heavy (non-hydrogen) atoms. The Balaban J connectivity index is 1.88. The van der Waals surface area contributed by atoms with E-state index in [9.17, 15) is 9.59 Å². The normalized spacial score (nSPS) is 11.5. The highest BCUT2D eigenvalue weighted by molar-refractivity contribution is 9.10. The zero-order valence-electron chi connectivity index (χ0n) is 15.7. The van der Waals surface area contributed by atoms with Gasteiger partial charge >= 0.3 is 0 Å². The Hall–Kier alpha value is -2.92. The minimum Gasteiger partial charge on any atom is -0.359 e. The van der Waals surface area contributed by atoms with Gasteiger partial charge in [-0.05, 0) is 49.7 Å². The van der Waals surface area contributed by atoms with Crippen molar-refractivity contribution >= 4 is 33.3 Å². The van der Waals surface area contributed by atoms with Crippen molar-refractivity contribution < 1.29 is 9.59 Å². The van der Waals surface area contributed by atoms with E-state index in [4.69, 9.17) is 0 Å². The highest BCUT2D eigenvalue weighted by atomic mass is 79.9. The number of carbonyl (C=O) groups excluding carboxylic acids is 2. The zero-order valence-corrected chi connectivity index (χ0v) is 17.3. The summed E-state index contributed by atoms with van der Waals surface area (Å²) in [6, 6.07) is 21.9. The number of amides is 1. The van der Waals surface area contributed by atoms with Gasteiger partial charge in [0, 0.05) is 21.3 Å². The maximum atomic E-state index is 13.1.